The van der Waals surface area contributed by atoms with Gasteiger partial charge >= 0.3 is 0 Å². The molecule has 124 valence electrons. The van der Waals surface area contributed by atoms with Crippen LogP contribution < -0.4 is 4.90 Å². The van der Waals surface area contributed by atoms with Crippen molar-refractivity contribution >= 4 is 11.7 Å². The molecule has 1 aliphatic rings. The van der Waals surface area contributed by atoms with Crippen molar-refractivity contribution in [3.8, 4) is 6.07 Å². The molecule has 1 amide bonds. The highest BCUT2D eigenvalue weighted by molar-refractivity contribution is 5.95. The number of aromatic nitrogens is 2. The van der Waals surface area contributed by atoms with Crippen LogP contribution in [0.15, 0.2) is 16.7 Å². The maximum atomic E-state index is 12.5. The predicted molar refractivity (Wildman–Crippen MR) is 87.8 cm³/mol. The van der Waals surface area contributed by atoms with Gasteiger partial charge < -0.3 is 14.2 Å². The highest BCUT2D eigenvalue weighted by atomic mass is 16.3. The highest BCUT2D eigenvalue weighted by Crippen LogP contribution is 2.23. The van der Waals surface area contributed by atoms with Gasteiger partial charge in [0.1, 0.15) is 17.4 Å². The molecule has 1 saturated heterocycles. The van der Waals surface area contributed by atoms with E-state index in [4.69, 9.17) is 4.42 Å². The van der Waals surface area contributed by atoms with E-state index in [1.165, 1.54) is 6.26 Å². The summed E-state index contributed by atoms with van der Waals surface area (Å²) in [5.74, 6) is 1.22. The molecule has 1 fully saturated rings. The minimum atomic E-state index is -0.0208. The molecule has 24 heavy (non-hydrogen) atoms. The number of furan rings is 1. The summed E-state index contributed by atoms with van der Waals surface area (Å²) in [4.78, 5) is 16.3. The van der Waals surface area contributed by atoms with Gasteiger partial charge in [0.25, 0.3) is 5.91 Å². The van der Waals surface area contributed by atoms with Crippen molar-refractivity contribution in [2.45, 2.75) is 20.8 Å². The summed E-state index contributed by atoms with van der Waals surface area (Å²) in [6.07, 6.45) is 1.53. The third kappa shape index (κ3) is 2.71. The second-order valence-electron chi connectivity index (χ2n) is 5.89. The van der Waals surface area contributed by atoms with E-state index in [9.17, 15) is 10.1 Å². The fraction of sp³-hybridized carbons (Fsp3) is 0.412. The number of rotatable bonds is 2. The third-order valence-electron chi connectivity index (χ3n) is 4.50. The molecule has 3 heterocycles. The zero-order valence-corrected chi connectivity index (χ0v) is 14.0. The smallest absolute Gasteiger partial charge is 0.257 e. The molecular formula is C17H19N5O2. The lowest BCUT2D eigenvalue weighted by Gasteiger charge is -2.35. The monoisotopic (exact) mass is 325 g/mol. The van der Waals surface area contributed by atoms with Crippen LogP contribution in [0.3, 0.4) is 0 Å². The van der Waals surface area contributed by atoms with Crippen molar-refractivity contribution in [3.63, 3.8) is 0 Å². The Balaban J connectivity index is 1.74. The summed E-state index contributed by atoms with van der Waals surface area (Å²) < 4.78 is 5.21. The maximum absolute atomic E-state index is 12.5. The summed E-state index contributed by atoms with van der Waals surface area (Å²) in [5, 5.41) is 17.8. The normalized spacial score (nSPS) is 14.6. The van der Waals surface area contributed by atoms with Crippen LogP contribution in [-0.4, -0.2) is 47.2 Å². The predicted octanol–water partition coefficient (Wildman–Crippen LogP) is 1.83. The van der Waals surface area contributed by atoms with Crippen LogP contribution in [0.4, 0.5) is 5.82 Å². The Morgan fingerprint density at radius 2 is 1.92 bits per heavy atom. The Morgan fingerprint density at radius 1 is 1.21 bits per heavy atom. The summed E-state index contributed by atoms with van der Waals surface area (Å²) in [6.45, 7) is 7.90. The number of carbonyl (C=O) groups excluding carboxylic acids is 1. The zero-order valence-electron chi connectivity index (χ0n) is 14.0. The molecule has 0 unspecified atom stereocenters. The van der Waals surface area contributed by atoms with E-state index in [-0.39, 0.29) is 5.91 Å². The van der Waals surface area contributed by atoms with Gasteiger partial charge in [-0.25, -0.2) is 0 Å². The Kier molecular flexibility index (Phi) is 4.21. The van der Waals surface area contributed by atoms with Crippen LogP contribution in [0, 0.1) is 32.1 Å². The van der Waals surface area contributed by atoms with E-state index in [0.717, 1.165) is 11.3 Å². The summed E-state index contributed by atoms with van der Waals surface area (Å²) in [6, 6.07) is 3.93. The van der Waals surface area contributed by atoms with Gasteiger partial charge in [0, 0.05) is 26.2 Å². The topological polar surface area (TPSA) is 86.3 Å². The third-order valence-corrected chi connectivity index (χ3v) is 4.50. The Hall–Kier alpha value is -2.88. The van der Waals surface area contributed by atoms with E-state index in [0.29, 0.717) is 48.9 Å². The molecule has 0 radical (unpaired) electrons. The number of aryl methyl sites for hydroxylation is 2. The number of hydrogen-bond acceptors (Lipinski definition) is 6. The standard InChI is InChI=1S/C17H19N5O2/c1-11-12(2)19-20-16(15(11)10-18)21-5-7-22(8-6-21)17(23)14-4-9-24-13(14)3/h4,9H,5-8H2,1-3H3. The van der Waals surface area contributed by atoms with Crippen LogP contribution in [0.5, 0.6) is 0 Å². The van der Waals surface area contributed by atoms with Crippen LogP contribution in [0.25, 0.3) is 0 Å². The molecule has 0 aromatic carbocycles. The molecule has 3 rings (SSSR count). The first-order chi connectivity index (χ1) is 11.5. The molecule has 0 spiro atoms. The van der Waals surface area contributed by atoms with Gasteiger partial charge in [-0.3, -0.25) is 4.79 Å². The number of anilines is 1. The summed E-state index contributed by atoms with van der Waals surface area (Å²) in [5.41, 5.74) is 2.79. The highest BCUT2D eigenvalue weighted by Gasteiger charge is 2.26. The molecule has 2 aromatic heterocycles. The van der Waals surface area contributed by atoms with E-state index in [2.05, 4.69) is 16.3 Å². The molecule has 0 N–H and O–H groups in total. The molecule has 0 atom stereocenters. The number of carbonyl (C=O) groups is 1. The van der Waals surface area contributed by atoms with Crippen molar-refractivity contribution in [2.75, 3.05) is 31.1 Å². The number of hydrogen-bond donors (Lipinski definition) is 0. The molecule has 1 aliphatic heterocycles. The minimum Gasteiger partial charge on any atom is -0.469 e. The number of nitriles is 1. The van der Waals surface area contributed by atoms with E-state index >= 15 is 0 Å². The molecular weight excluding hydrogens is 306 g/mol. The van der Waals surface area contributed by atoms with Crippen molar-refractivity contribution in [2.24, 2.45) is 0 Å². The molecule has 0 bridgehead atoms. The molecule has 7 heteroatoms. The Morgan fingerprint density at radius 3 is 2.50 bits per heavy atom. The first kappa shape index (κ1) is 16.0. The van der Waals surface area contributed by atoms with Gasteiger partial charge in [-0.15, -0.1) is 5.10 Å². The van der Waals surface area contributed by atoms with Gasteiger partial charge in [-0.2, -0.15) is 10.4 Å². The summed E-state index contributed by atoms with van der Waals surface area (Å²) in [7, 11) is 0. The van der Waals surface area contributed by atoms with Crippen LogP contribution in [-0.2, 0) is 0 Å². The zero-order chi connectivity index (χ0) is 17.3. The number of amides is 1. The molecule has 2 aromatic rings. The second-order valence-corrected chi connectivity index (χ2v) is 5.89. The fourth-order valence-electron chi connectivity index (χ4n) is 2.85. The van der Waals surface area contributed by atoms with Crippen LogP contribution >= 0.6 is 0 Å². The lowest BCUT2D eigenvalue weighted by Crippen LogP contribution is -2.49. The van der Waals surface area contributed by atoms with Crippen LogP contribution in [0.1, 0.15) is 32.9 Å². The first-order valence-electron chi connectivity index (χ1n) is 7.85. The molecule has 7 nitrogen and oxygen atoms in total. The van der Waals surface area contributed by atoms with E-state index in [1.54, 1.807) is 17.9 Å². The maximum Gasteiger partial charge on any atom is 0.257 e. The Labute approximate surface area is 140 Å². The summed E-state index contributed by atoms with van der Waals surface area (Å²) >= 11 is 0. The number of piperazine rings is 1. The van der Waals surface area contributed by atoms with Crippen molar-refractivity contribution in [1.29, 1.82) is 5.26 Å². The van der Waals surface area contributed by atoms with Crippen LogP contribution in [0.2, 0.25) is 0 Å². The average molecular weight is 325 g/mol. The van der Waals surface area contributed by atoms with E-state index < -0.39 is 0 Å². The van der Waals surface area contributed by atoms with Gasteiger partial charge in [-0.1, -0.05) is 0 Å². The lowest BCUT2D eigenvalue weighted by molar-refractivity contribution is 0.0744. The van der Waals surface area contributed by atoms with Crippen molar-refractivity contribution < 1.29 is 9.21 Å². The molecule has 0 aliphatic carbocycles. The SMILES string of the molecule is Cc1nnc(N2CCN(C(=O)c3ccoc3C)CC2)c(C#N)c1C. The molecule has 0 saturated carbocycles. The Bertz CT molecular complexity index is 813. The lowest BCUT2D eigenvalue weighted by atomic mass is 10.1. The largest absolute Gasteiger partial charge is 0.469 e. The van der Waals surface area contributed by atoms with Gasteiger partial charge in [0.2, 0.25) is 0 Å². The van der Waals surface area contributed by atoms with Gasteiger partial charge in [-0.05, 0) is 32.4 Å². The van der Waals surface area contributed by atoms with Crippen molar-refractivity contribution in [1.82, 2.24) is 15.1 Å². The van der Waals surface area contributed by atoms with Crippen molar-refractivity contribution in [3.05, 3.63) is 40.5 Å². The fourth-order valence-corrected chi connectivity index (χ4v) is 2.85. The number of nitrogens with zero attached hydrogens (tertiary/aromatic N) is 5. The first-order valence-corrected chi connectivity index (χ1v) is 7.85. The minimum absolute atomic E-state index is 0.0208. The average Bonchev–Trinajstić information content (AvgIpc) is 3.02. The van der Waals surface area contributed by atoms with Gasteiger partial charge in [0.05, 0.1) is 17.5 Å². The van der Waals surface area contributed by atoms with Gasteiger partial charge in [0.15, 0.2) is 5.82 Å². The quantitative estimate of drug-likeness (QED) is 0.837. The van der Waals surface area contributed by atoms with E-state index in [1.807, 2.05) is 18.7 Å². The second kappa shape index (κ2) is 6.32.